The number of carboxylic acids is 1. The van der Waals surface area contributed by atoms with Crippen LogP contribution in [0.15, 0.2) is 33.2 Å². The van der Waals surface area contributed by atoms with Gasteiger partial charge in [-0.15, -0.1) is 0 Å². The molecule has 1 unspecified atom stereocenters. The number of aliphatic carboxylic acids is 1. The second-order valence-electron chi connectivity index (χ2n) is 4.80. The van der Waals surface area contributed by atoms with Crippen LogP contribution in [-0.4, -0.2) is 20.9 Å². The summed E-state index contributed by atoms with van der Waals surface area (Å²) in [4.78, 5) is 11.7. The summed E-state index contributed by atoms with van der Waals surface area (Å²) in [7, 11) is 1.85. The minimum absolute atomic E-state index is 0.391. The topological polar surface area (TPSA) is 55.1 Å². The van der Waals surface area contributed by atoms with Crippen LogP contribution in [0.2, 0.25) is 0 Å². The number of aromatic nitrogens is 2. The van der Waals surface area contributed by atoms with Gasteiger partial charge in [-0.3, -0.25) is 9.48 Å². The molecule has 4 nitrogen and oxygen atoms in total. The number of halogens is 2. The monoisotopic (exact) mass is 414 g/mol. The summed E-state index contributed by atoms with van der Waals surface area (Å²) in [5, 5.41) is 14.0. The number of hydrogen-bond acceptors (Lipinski definition) is 2. The molecule has 1 N–H and O–H groups in total. The lowest BCUT2D eigenvalue weighted by atomic mass is 9.94. The molecule has 0 spiro atoms. The maximum atomic E-state index is 11.7. The number of rotatable bonds is 5. The Kier molecular flexibility index (Phi) is 5.22. The molecule has 1 atom stereocenters. The minimum Gasteiger partial charge on any atom is -0.481 e. The molecule has 1 heterocycles. The molecule has 1 aromatic heterocycles. The van der Waals surface area contributed by atoms with Gasteiger partial charge < -0.3 is 5.11 Å². The van der Waals surface area contributed by atoms with Crippen molar-refractivity contribution in [3.05, 3.63) is 50.2 Å². The van der Waals surface area contributed by atoms with Gasteiger partial charge >= 0.3 is 5.97 Å². The third-order valence-corrected chi connectivity index (χ3v) is 5.12. The van der Waals surface area contributed by atoms with Gasteiger partial charge in [0.15, 0.2) is 0 Å². The highest BCUT2D eigenvalue weighted by molar-refractivity contribution is 9.10. The lowest BCUT2D eigenvalue weighted by molar-refractivity contribution is -0.138. The third-order valence-electron chi connectivity index (χ3n) is 3.48. The van der Waals surface area contributed by atoms with Gasteiger partial charge in [-0.2, -0.15) is 5.10 Å². The van der Waals surface area contributed by atoms with Crippen LogP contribution in [0.4, 0.5) is 0 Å². The Morgan fingerprint density at radius 3 is 2.57 bits per heavy atom. The maximum Gasteiger partial charge on any atom is 0.311 e. The average molecular weight is 416 g/mol. The number of nitrogens with zero attached hydrogens (tertiary/aromatic N) is 2. The first-order valence-corrected chi connectivity index (χ1v) is 8.21. The van der Waals surface area contributed by atoms with Crippen LogP contribution in [-0.2, 0) is 24.7 Å². The molecule has 1 aromatic carbocycles. The van der Waals surface area contributed by atoms with Gasteiger partial charge in [-0.25, -0.2) is 0 Å². The molecular weight excluding hydrogens is 400 g/mol. The summed E-state index contributed by atoms with van der Waals surface area (Å²) >= 11 is 6.98. The average Bonchev–Trinajstić information content (AvgIpc) is 2.72. The first-order chi connectivity index (χ1) is 9.95. The van der Waals surface area contributed by atoms with Crippen molar-refractivity contribution in [2.45, 2.75) is 25.7 Å². The Morgan fingerprint density at radius 2 is 2.05 bits per heavy atom. The molecular formula is C15H16Br2N2O2. The van der Waals surface area contributed by atoms with Crippen molar-refractivity contribution in [2.75, 3.05) is 0 Å². The van der Waals surface area contributed by atoms with E-state index in [1.54, 1.807) is 4.68 Å². The van der Waals surface area contributed by atoms with Gasteiger partial charge in [0, 0.05) is 17.9 Å². The van der Waals surface area contributed by atoms with E-state index in [0.717, 1.165) is 32.3 Å². The van der Waals surface area contributed by atoms with Crippen LogP contribution in [0.3, 0.4) is 0 Å². The number of aryl methyl sites for hydroxylation is 2. The molecule has 0 aliphatic heterocycles. The van der Waals surface area contributed by atoms with Crippen molar-refractivity contribution < 1.29 is 9.90 Å². The number of carboxylic acid groups (broad SMARTS) is 1. The first kappa shape index (κ1) is 16.2. The van der Waals surface area contributed by atoms with Crippen molar-refractivity contribution in [1.82, 2.24) is 9.78 Å². The Morgan fingerprint density at radius 1 is 1.38 bits per heavy atom. The van der Waals surface area contributed by atoms with Crippen LogP contribution in [0.25, 0.3) is 0 Å². The van der Waals surface area contributed by atoms with Crippen LogP contribution in [0.1, 0.15) is 29.8 Å². The molecule has 0 radical (unpaired) electrons. The summed E-state index contributed by atoms with van der Waals surface area (Å²) in [5.41, 5.74) is 2.62. The molecule has 0 aliphatic rings. The zero-order valence-corrected chi connectivity index (χ0v) is 15.0. The lowest BCUT2D eigenvalue weighted by Gasteiger charge is -2.15. The molecule has 0 saturated carbocycles. The molecule has 0 saturated heterocycles. The largest absolute Gasteiger partial charge is 0.481 e. The van der Waals surface area contributed by atoms with Crippen LogP contribution in [0, 0.1) is 0 Å². The predicted molar refractivity (Wildman–Crippen MR) is 88.5 cm³/mol. The first-order valence-electron chi connectivity index (χ1n) is 6.63. The highest BCUT2D eigenvalue weighted by atomic mass is 79.9. The SMILES string of the molecule is CCc1nn(C)c(CC(C(=O)O)c2ccccc2Br)c1Br. The van der Waals surface area contributed by atoms with Crippen LogP contribution >= 0.6 is 31.9 Å². The van der Waals surface area contributed by atoms with E-state index in [-0.39, 0.29) is 0 Å². The Hall–Kier alpha value is -1.14. The van der Waals surface area contributed by atoms with E-state index in [2.05, 4.69) is 37.0 Å². The van der Waals surface area contributed by atoms with Crippen LogP contribution < -0.4 is 0 Å². The van der Waals surface area contributed by atoms with Crippen molar-refractivity contribution in [3.8, 4) is 0 Å². The molecule has 0 bridgehead atoms. The molecule has 21 heavy (non-hydrogen) atoms. The molecule has 2 aromatic rings. The molecule has 0 fully saturated rings. The quantitative estimate of drug-likeness (QED) is 0.805. The third kappa shape index (κ3) is 3.37. The van der Waals surface area contributed by atoms with Crippen molar-refractivity contribution in [3.63, 3.8) is 0 Å². The van der Waals surface area contributed by atoms with E-state index in [1.165, 1.54) is 0 Å². The van der Waals surface area contributed by atoms with Crippen molar-refractivity contribution >= 4 is 37.8 Å². The standard InChI is InChI=1S/C15H16Br2N2O2/c1-3-12-14(17)13(19(2)18-12)8-10(15(20)21)9-6-4-5-7-11(9)16/h4-7,10H,3,8H2,1-2H3,(H,20,21). The van der Waals surface area contributed by atoms with Gasteiger partial charge in [-0.05, 0) is 34.0 Å². The summed E-state index contributed by atoms with van der Waals surface area (Å²) in [6.07, 6.45) is 1.20. The lowest BCUT2D eigenvalue weighted by Crippen LogP contribution is -2.17. The zero-order chi connectivity index (χ0) is 15.6. The number of carbonyl (C=O) groups is 1. The molecule has 0 amide bonds. The fourth-order valence-electron chi connectivity index (χ4n) is 2.32. The van der Waals surface area contributed by atoms with E-state index in [1.807, 2.05) is 38.2 Å². The minimum atomic E-state index is -0.840. The van der Waals surface area contributed by atoms with E-state index in [0.29, 0.717) is 6.42 Å². The Bertz CT molecular complexity index is 668. The maximum absolute atomic E-state index is 11.7. The van der Waals surface area contributed by atoms with Gasteiger partial charge in [0.25, 0.3) is 0 Å². The summed E-state index contributed by atoms with van der Waals surface area (Å²) in [6.45, 7) is 2.03. The Labute approximate surface area is 140 Å². The summed E-state index contributed by atoms with van der Waals surface area (Å²) < 4.78 is 3.48. The fourth-order valence-corrected chi connectivity index (χ4v) is 3.66. The van der Waals surface area contributed by atoms with E-state index in [9.17, 15) is 9.90 Å². The van der Waals surface area contributed by atoms with Gasteiger partial charge in [0.2, 0.25) is 0 Å². The van der Waals surface area contributed by atoms with Crippen molar-refractivity contribution in [1.29, 1.82) is 0 Å². The van der Waals surface area contributed by atoms with E-state index >= 15 is 0 Å². The summed E-state index contributed by atoms with van der Waals surface area (Å²) in [6, 6.07) is 7.43. The van der Waals surface area contributed by atoms with Gasteiger partial charge in [-0.1, -0.05) is 41.1 Å². The Balaban J connectivity index is 2.41. The second-order valence-corrected chi connectivity index (χ2v) is 6.45. The molecule has 2 rings (SSSR count). The smallest absolute Gasteiger partial charge is 0.311 e. The number of hydrogen-bond donors (Lipinski definition) is 1. The van der Waals surface area contributed by atoms with Crippen LogP contribution in [0.5, 0.6) is 0 Å². The number of benzene rings is 1. The zero-order valence-electron chi connectivity index (χ0n) is 11.8. The summed E-state index contributed by atoms with van der Waals surface area (Å²) in [5.74, 6) is -1.45. The predicted octanol–water partition coefficient (Wildman–Crippen LogP) is 3.92. The van der Waals surface area contributed by atoms with Gasteiger partial charge in [0.1, 0.15) is 0 Å². The van der Waals surface area contributed by atoms with E-state index < -0.39 is 11.9 Å². The van der Waals surface area contributed by atoms with E-state index in [4.69, 9.17) is 0 Å². The normalized spacial score (nSPS) is 12.4. The molecule has 6 heteroatoms. The highest BCUT2D eigenvalue weighted by Gasteiger charge is 2.26. The fraction of sp³-hybridized carbons (Fsp3) is 0.333. The van der Waals surface area contributed by atoms with Gasteiger partial charge in [0.05, 0.1) is 21.8 Å². The van der Waals surface area contributed by atoms with Crippen molar-refractivity contribution in [2.24, 2.45) is 7.05 Å². The highest BCUT2D eigenvalue weighted by Crippen LogP contribution is 2.31. The molecule has 112 valence electrons. The second kappa shape index (κ2) is 6.75. The molecule has 0 aliphatic carbocycles.